The number of nitrogens with zero attached hydrogens (tertiary/aromatic N) is 1. The van der Waals surface area contributed by atoms with E-state index in [4.69, 9.17) is 5.26 Å². The van der Waals surface area contributed by atoms with Gasteiger partial charge in [0, 0.05) is 5.92 Å². The van der Waals surface area contributed by atoms with Gasteiger partial charge in [0.25, 0.3) is 0 Å². The van der Waals surface area contributed by atoms with E-state index < -0.39 is 0 Å². The third kappa shape index (κ3) is 2.30. The molecule has 13 heavy (non-hydrogen) atoms. The van der Waals surface area contributed by atoms with Crippen LogP contribution in [0.5, 0.6) is 0 Å². The van der Waals surface area contributed by atoms with Crippen LogP contribution in [0.15, 0.2) is 0 Å². The molecule has 0 amide bonds. The summed E-state index contributed by atoms with van der Waals surface area (Å²) in [7, 11) is 0. The first-order valence-electron chi connectivity index (χ1n) is 4.97. The Morgan fingerprint density at radius 3 is 2.77 bits per heavy atom. The van der Waals surface area contributed by atoms with Gasteiger partial charge in [-0.15, -0.1) is 0 Å². The molecule has 2 heteroatoms. The Morgan fingerprint density at radius 1 is 1.54 bits per heavy atom. The van der Waals surface area contributed by atoms with Crippen LogP contribution in [0.3, 0.4) is 0 Å². The van der Waals surface area contributed by atoms with Gasteiger partial charge >= 0.3 is 0 Å². The van der Waals surface area contributed by atoms with Crippen LogP contribution in [0.25, 0.3) is 0 Å². The Balaban J connectivity index is 2.66. The number of hydrogen-bond acceptors (Lipinski definition) is 2. The van der Waals surface area contributed by atoms with Crippen LogP contribution in [-0.4, -0.2) is 5.78 Å². The maximum atomic E-state index is 11.6. The molecule has 72 valence electrons. The van der Waals surface area contributed by atoms with Crippen molar-refractivity contribution in [2.75, 3.05) is 0 Å². The molecule has 1 atom stereocenters. The maximum absolute atomic E-state index is 11.6. The van der Waals surface area contributed by atoms with Crippen molar-refractivity contribution >= 4 is 5.78 Å². The normalized spacial score (nSPS) is 26.4. The minimum absolute atomic E-state index is 0.0914. The van der Waals surface area contributed by atoms with E-state index in [9.17, 15) is 4.79 Å². The lowest BCUT2D eigenvalue weighted by Crippen LogP contribution is -2.33. The van der Waals surface area contributed by atoms with E-state index in [0.717, 1.165) is 19.3 Å². The van der Waals surface area contributed by atoms with Crippen LogP contribution in [0, 0.1) is 22.7 Å². The zero-order chi connectivity index (χ0) is 9.90. The predicted molar refractivity (Wildman–Crippen MR) is 51.0 cm³/mol. The molecule has 1 aliphatic rings. The Bertz CT molecular complexity index is 237. The van der Waals surface area contributed by atoms with E-state index in [1.54, 1.807) is 0 Å². The average Bonchev–Trinajstić information content (AvgIpc) is 2.03. The summed E-state index contributed by atoms with van der Waals surface area (Å²) in [6.45, 7) is 4.29. The quantitative estimate of drug-likeness (QED) is 0.654. The summed E-state index contributed by atoms with van der Waals surface area (Å²) < 4.78 is 0. The highest BCUT2D eigenvalue weighted by atomic mass is 16.1. The van der Waals surface area contributed by atoms with Crippen LogP contribution in [0.1, 0.15) is 46.0 Å². The van der Waals surface area contributed by atoms with Crippen molar-refractivity contribution in [3.63, 3.8) is 0 Å². The number of nitriles is 1. The molecule has 0 aromatic rings. The molecule has 0 N–H and O–H groups in total. The molecule has 0 aliphatic heterocycles. The van der Waals surface area contributed by atoms with E-state index in [0.29, 0.717) is 0 Å². The molecule has 0 aromatic heterocycles. The summed E-state index contributed by atoms with van der Waals surface area (Å²) in [4.78, 5) is 11.6. The van der Waals surface area contributed by atoms with Gasteiger partial charge in [-0.25, -0.2) is 0 Å². The standard InChI is InChI=1S/C11H17NO/c1-11(2)7-4-3-5-9(11)10(13)6-8-12/h9H,3-7H2,1-2H3. The second kappa shape index (κ2) is 3.91. The molecule has 1 fully saturated rings. The Hall–Kier alpha value is -0.840. The fraction of sp³-hybridized carbons (Fsp3) is 0.818. The largest absolute Gasteiger partial charge is 0.298 e. The van der Waals surface area contributed by atoms with Crippen LogP contribution >= 0.6 is 0 Å². The maximum Gasteiger partial charge on any atom is 0.150 e. The van der Waals surface area contributed by atoms with Crippen LogP contribution in [0.2, 0.25) is 0 Å². The van der Waals surface area contributed by atoms with Gasteiger partial charge in [0.2, 0.25) is 0 Å². The average molecular weight is 179 g/mol. The number of ketones is 1. The highest BCUT2D eigenvalue weighted by Crippen LogP contribution is 2.41. The molecule has 1 saturated carbocycles. The molecule has 1 unspecified atom stereocenters. The molecular weight excluding hydrogens is 162 g/mol. The van der Waals surface area contributed by atoms with Crippen molar-refractivity contribution in [3.05, 3.63) is 0 Å². The number of Topliss-reactive ketones (excluding diaryl/α,β-unsaturated/α-hetero) is 1. The fourth-order valence-corrected chi connectivity index (χ4v) is 2.29. The SMILES string of the molecule is CC1(C)CCCCC1C(=O)CC#N. The second-order valence-corrected chi connectivity index (χ2v) is 4.59. The topological polar surface area (TPSA) is 40.9 Å². The Morgan fingerprint density at radius 2 is 2.23 bits per heavy atom. The van der Waals surface area contributed by atoms with E-state index in [-0.39, 0.29) is 23.5 Å². The van der Waals surface area contributed by atoms with Gasteiger partial charge in [-0.1, -0.05) is 26.7 Å². The summed E-state index contributed by atoms with van der Waals surface area (Å²) in [5.74, 6) is 0.271. The second-order valence-electron chi connectivity index (χ2n) is 4.59. The molecule has 0 bridgehead atoms. The predicted octanol–water partition coefficient (Wildman–Crippen LogP) is 2.69. The van der Waals surface area contributed by atoms with Gasteiger partial charge in [0.05, 0.1) is 12.5 Å². The highest BCUT2D eigenvalue weighted by molar-refractivity contribution is 5.83. The summed E-state index contributed by atoms with van der Waals surface area (Å²) in [5, 5.41) is 8.47. The van der Waals surface area contributed by atoms with Crippen molar-refractivity contribution < 1.29 is 4.79 Å². The molecular formula is C11H17NO. The van der Waals surface area contributed by atoms with Crippen molar-refractivity contribution in [2.24, 2.45) is 11.3 Å². The summed E-state index contributed by atoms with van der Waals surface area (Å²) in [6.07, 6.45) is 4.56. The third-order valence-corrected chi connectivity index (χ3v) is 3.15. The lowest BCUT2D eigenvalue weighted by Gasteiger charge is -2.37. The molecule has 0 spiro atoms. The van der Waals surface area contributed by atoms with Gasteiger partial charge < -0.3 is 0 Å². The molecule has 0 aromatic carbocycles. The van der Waals surface area contributed by atoms with Gasteiger partial charge in [-0.05, 0) is 18.3 Å². The van der Waals surface area contributed by atoms with Crippen molar-refractivity contribution in [2.45, 2.75) is 46.0 Å². The Labute approximate surface area is 79.9 Å². The smallest absolute Gasteiger partial charge is 0.150 e. The summed E-state index contributed by atoms with van der Waals surface area (Å²) in [5.41, 5.74) is 0.117. The first-order valence-corrected chi connectivity index (χ1v) is 4.97. The van der Waals surface area contributed by atoms with Crippen molar-refractivity contribution in [3.8, 4) is 6.07 Å². The first kappa shape index (κ1) is 10.2. The van der Waals surface area contributed by atoms with Gasteiger partial charge in [-0.2, -0.15) is 5.26 Å². The van der Waals surface area contributed by atoms with Crippen molar-refractivity contribution in [1.82, 2.24) is 0 Å². The number of hydrogen-bond donors (Lipinski definition) is 0. The summed E-state index contributed by atoms with van der Waals surface area (Å²) >= 11 is 0. The minimum atomic E-state index is 0.0914. The molecule has 1 aliphatic carbocycles. The number of carbonyl (C=O) groups excluding carboxylic acids is 1. The zero-order valence-electron chi connectivity index (χ0n) is 8.47. The van der Waals surface area contributed by atoms with Crippen LogP contribution in [-0.2, 0) is 4.79 Å². The minimum Gasteiger partial charge on any atom is -0.298 e. The van der Waals surface area contributed by atoms with Gasteiger partial charge in [0.15, 0.2) is 5.78 Å². The van der Waals surface area contributed by atoms with Gasteiger partial charge in [-0.3, -0.25) is 4.79 Å². The molecule has 0 heterocycles. The van der Waals surface area contributed by atoms with Gasteiger partial charge in [0.1, 0.15) is 0 Å². The third-order valence-electron chi connectivity index (χ3n) is 3.15. The highest BCUT2D eigenvalue weighted by Gasteiger charge is 2.36. The van der Waals surface area contributed by atoms with E-state index >= 15 is 0 Å². The lowest BCUT2D eigenvalue weighted by molar-refractivity contribution is -0.126. The first-order chi connectivity index (χ1) is 6.08. The summed E-state index contributed by atoms with van der Waals surface area (Å²) in [6, 6.07) is 1.95. The lowest BCUT2D eigenvalue weighted by atomic mass is 9.67. The number of carbonyl (C=O) groups is 1. The number of rotatable bonds is 2. The van der Waals surface area contributed by atoms with E-state index in [1.165, 1.54) is 6.42 Å². The fourth-order valence-electron chi connectivity index (χ4n) is 2.29. The zero-order valence-corrected chi connectivity index (χ0v) is 8.47. The van der Waals surface area contributed by atoms with Crippen LogP contribution in [0.4, 0.5) is 0 Å². The van der Waals surface area contributed by atoms with E-state index in [1.807, 2.05) is 6.07 Å². The molecule has 1 rings (SSSR count). The van der Waals surface area contributed by atoms with Crippen molar-refractivity contribution in [1.29, 1.82) is 5.26 Å². The monoisotopic (exact) mass is 179 g/mol. The molecule has 2 nitrogen and oxygen atoms in total. The molecule has 0 saturated heterocycles. The molecule has 0 radical (unpaired) electrons. The van der Waals surface area contributed by atoms with Crippen LogP contribution < -0.4 is 0 Å². The Kier molecular flexibility index (Phi) is 3.08. The van der Waals surface area contributed by atoms with E-state index in [2.05, 4.69) is 13.8 Å².